The number of nitrogens with one attached hydrogen (secondary N) is 1. The molecule has 0 aliphatic carbocycles. The van der Waals surface area contributed by atoms with Crippen molar-refractivity contribution in [3.63, 3.8) is 0 Å². The number of carbonyl (C=O) groups is 2. The van der Waals surface area contributed by atoms with Gasteiger partial charge in [0.25, 0.3) is 5.91 Å². The van der Waals surface area contributed by atoms with Gasteiger partial charge in [-0.25, -0.2) is 0 Å². The van der Waals surface area contributed by atoms with Crippen molar-refractivity contribution in [2.24, 2.45) is 0 Å². The van der Waals surface area contributed by atoms with Gasteiger partial charge in [-0.2, -0.15) is 0 Å². The van der Waals surface area contributed by atoms with Crippen LogP contribution in [-0.2, 0) is 21.5 Å². The van der Waals surface area contributed by atoms with E-state index >= 15 is 0 Å². The number of nitrogens with zero attached hydrogens (tertiary/aromatic N) is 1. The molecule has 2 amide bonds. The van der Waals surface area contributed by atoms with Gasteiger partial charge < -0.3 is 15.0 Å². The monoisotopic (exact) mass is 452 g/mol. The van der Waals surface area contributed by atoms with E-state index in [1.807, 2.05) is 83.1 Å². The van der Waals surface area contributed by atoms with Crippen molar-refractivity contribution < 1.29 is 14.3 Å². The van der Waals surface area contributed by atoms with E-state index < -0.39 is 6.04 Å². The van der Waals surface area contributed by atoms with E-state index in [2.05, 4.69) is 26.1 Å². The molecule has 0 heterocycles. The molecule has 33 heavy (non-hydrogen) atoms. The largest absolute Gasteiger partial charge is 0.484 e. The molecule has 1 N–H and O–H groups in total. The molecule has 0 radical (unpaired) electrons. The van der Waals surface area contributed by atoms with Crippen LogP contribution in [0.5, 0.6) is 5.75 Å². The Balaban J connectivity index is 2.22. The molecule has 2 aromatic carbocycles. The average molecular weight is 453 g/mol. The fourth-order valence-corrected chi connectivity index (χ4v) is 3.66. The number of hydrogen-bond acceptors (Lipinski definition) is 3. The van der Waals surface area contributed by atoms with Crippen molar-refractivity contribution in [2.45, 2.75) is 85.4 Å². The fraction of sp³-hybridized carbons (Fsp3) is 0.500. The van der Waals surface area contributed by atoms with Crippen LogP contribution in [0.15, 0.2) is 48.5 Å². The quantitative estimate of drug-likeness (QED) is 0.584. The van der Waals surface area contributed by atoms with Gasteiger partial charge in [0.05, 0.1) is 0 Å². The molecular weight excluding hydrogens is 412 g/mol. The molecule has 5 heteroatoms. The van der Waals surface area contributed by atoms with Gasteiger partial charge in [-0.3, -0.25) is 9.59 Å². The molecule has 0 aliphatic rings. The first kappa shape index (κ1) is 26.4. The number of rotatable bonds is 8. The summed E-state index contributed by atoms with van der Waals surface area (Å²) in [4.78, 5) is 28.0. The highest BCUT2D eigenvalue weighted by Gasteiger charge is 2.31. The van der Waals surface area contributed by atoms with Crippen molar-refractivity contribution in [3.05, 3.63) is 65.2 Å². The normalized spacial score (nSPS) is 12.7. The van der Waals surface area contributed by atoms with Gasteiger partial charge in [0.2, 0.25) is 5.91 Å². The molecule has 0 bridgehead atoms. The topological polar surface area (TPSA) is 58.6 Å². The van der Waals surface area contributed by atoms with E-state index in [9.17, 15) is 9.59 Å². The maximum absolute atomic E-state index is 13.3. The molecule has 1 atom stereocenters. The smallest absolute Gasteiger partial charge is 0.261 e. The van der Waals surface area contributed by atoms with Crippen LogP contribution in [0.4, 0.5) is 0 Å². The highest BCUT2D eigenvalue weighted by molar-refractivity contribution is 5.88. The standard InChI is InChI=1S/C28H40N2O3/c1-9-24(26(32)29-28(6,7)8)30(18-21-12-10-11-20(2)17-21)25(31)19-33-23-15-13-22(14-16-23)27(3,4)5/h10-17,24H,9,18-19H2,1-8H3,(H,29,32)/t24-/m0/s1. The zero-order chi connectivity index (χ0) is 24.8. The fourth-order valence-electron chi connectivity index (χ4n) is 3.66. The summed E-state index contributed by atoms with van der Waals surface area (Å²) in [5.74, 6) is 0.270. The Labute approximate surface area is 199 Å². The van der Waals surface area contributed by atoms with Gasteiger partial charge >= 0.3 is 0 Å². The molecule has 0 aliphatic heterocycles. The molecular formula is C28H40N2O3. The lowest BCUT2D eigenvalue weighted by molar-refractivity contribution is -0.143. The average Bonchev–Trinajstić information content (AvgIpc) is 2.70. The first-order valence-electron chi connectivity index (χ1n) is 11.7. The van der Waals surface area contributed by atoms with Crippen LogP contribution < -0.4 is 10.1 Å². The lowest BCUT2D eigenvalue weighted by Gasteiger charge is -2.33. The Kier molecular flexibility index (Phi) is 8.70. The van der Waals surface area contributed by atoms with Crippen LogP contribution in [0.3, 0.4) is 0 Å². The third kappa shape index (κ3) is 8.23. The predicted molar refractivity (Wildman–Crippen MR) is 134 cm³/mol. The summed E-state index contributed by atoms with van der Waals surface area (Å²) in [5, 5.41) is 3.02. The van der Waals surface area contributed by atoms with Crippen molar-refractivity contribution in [3.8, 4) is 5.75 Å². The van der Waals surface area contributed by atoms with Crippen molar-refractivity contribution in [1.29, 1.82) is 0 Å². The van der Waals surface area contributed by atoms with Crippen molar-refractivity contribution in [2.75, 3.05) is 6.61 Å². The van der Waals surface area contributed by atoms with Gasteiger partial charge in [0, 0.05) is 12.1 Å². The predicted octanol–water partition coefficient (Wildman–Crippen LogP) is 5.39. The molecule has 180 valence electrons. The van der Waals surface area contributed by atoms with Crippen LogP contribution in [0.1, 0.15) is 71.6 Å². The van der Waals surface area contributed by atoms with Crippen LogP contribution in [-0.4, -0.2) is 34.9 Å². The summed E-state index contributed by atoms with van der Waals surface area (Å²) in [6.45, 7) is 16.5. The Morgan fingerprint density at radius 2 is 1.64 bits per heavy atom. The van der Waals surface area contributed by atoms with E-state index in [1.54, 1.807) is 4.90 Å². The van der Waals surface area contributed by atoms with Gasteiger partial charge in [-0.05, 0) is 62.8 Å². The first-order valence-corrected chi connectivity index (χ1v) is 11.7. The van der Waals surface area contributed by atoms with E-state index in [1.165, 1.54) is 5.56 Å². The molecule has 0 saturated carbocycles. The van der Waals surface area contributed by atoms with Crippen LogP contribution >= 0.6 is 0 Å². The molecule has 0 fully saturated rings. The number of amides is 2. The third-order valence-electron chi connectivity index (χ3n) is 5.40. The van der Waals surface area contributed by atoms with E-state index in [-0.39, 0.29) is 29.4 Å². The number of aryl methyl sites for hydroxylation is 1. The maximum atomic E-state index is 13.3. The van der Waals surface area contributed by atoms with E-state index in [4.69, 9.17) is 4.74 Å². The lowest BCUT2D eigenvalue weighted by atomic mass is 9.87. The molecule has 0 aromatic heterocycles. The molecule has 5 nitrogen and oxygen atoms in total. The Morgan fingerprint density at radius 1 is 1.00 bits per heavy atom. The van der Waals surface area contributed by atoms with Gasteiger partial charge in [-0.1, -0.05) is 69.7 Å². The van der Waals surface area contributed by atoms with Crippen molar-refractivity contribution in [1.82, 2.24) is 10.2 Å². The van der Waals surface area contributed by atoms with Gasteiger partial charge in [0.1, 0.15) is 11.8 Å². The summed E-state index contributed by atoms with van der Waals surface area (Å²) >= 11 is 0. The number of carbonyl (C=O) groups excluding carboxylic acids is 2. The zero-order valence-corrected chi connectivity index (χ0v) is 21.5. The van der Waals surface area contributed by atoms with Gasteiger partial charge in [0.15, 0.2) is 6.61 Å². The first-order chi connectivity index (χ1) is 15.3. The van der Waals surface area contributed by atoms with Crippen LogP contribution in [0.25, 0.3) is 0 Å². The maximum Gasteiger partial charge on any atom is 0.261 e. The summed E-state index contributed by atoms with van der Waals surface area (Å²) < 4.78 is 5.83. The summed E-state index contributed by atoms with van der Waals surface area (Å²) in [6.07, 6.45) is 0.514. The number of ether oxygens (including phenoxy) is 1. The highest BCUT2D eigenvalue weighted by atomic mass is 16.5. The van der Waals surface area contributed by atoms with Crippen molar-refractivity contribution >= 4 is 11.8 Å². The van der Waals surface area contributed by atoms with Crippen LogP contribution in [0, 0.1) is 6.92 Å². The summed E-state index contributed by atoms with van der Waals surface area (Å²) in [6, 6.07) is 15.3. The SMILES string of the molecule is CC[C@@H](C(=O)NC(C)(C)C)N(Cc1cccc(C)c1)C(=O)COc1ccc(C(C)(C)C)cc1. The molecule has 2 rings (SSSR count). The zero-order valence-electron chi connectivity index (χ0n) is 21.5. The molecule has 0 unspecified atom stereocenters. The second-order valence-electron chi connectivity index (χ2n) is 10.7. The summed E-state index contributed by atoms with van der Waals surface area (Å²) in [7, 11) is 0. The third-order valence-corrected chi connectivity index (χ3v) is 5.40. The summed E-state index contributed by atoms with van der Waals surface area (Å²) in [5.41, 5.74) is 2.97. The van der Waals surface area contributed by atoms with Crippen LogP contribution in [0.2, 0.25) is 0 Å². The Morgan fingerprint density at radius 3 is 2.15 bits per heavy atom. The Bertz CT molecular complexity index is 937. The van der Waals surface area contributed by atoms with E-state index in [0.717, 1.165) is 11.1 Å². The second-order valence-corrected chi connectivity index (χ2v) is 10.7. The van der Waals surface area contributed by atoms with E-state index in [0.29, 0.717) is 18.7 Å². The lowest BCUT2D eigenvalue weighted by Crippen LogP contribution is -2.54. The van der Waals surface area contributed by atoms with Gasteiger partial charge in [-0.15, -0.1) is 0 Å². The minimum Gasteiger partial charge on any atom is -0.484 e. The molecule has 0 saturated heterocycles. The number of hydrogen-bond donors (Lipinski definition) is 1. The Hall–Kier alpha value is -2.82. The minimum absolute atomic E-state index is 0.0493. The molecule has 0 spiro atoms. The second kappa shape index (κ2) is 10.9. The molecule has 2 aromatic rings. The minimum atomic E-state index is -0.580. The highest BCUT2D eigenvalue weighted by Crippen LogP contribution is 2.24. The number of benzene rings is 2.